The van der Waals surface area contributed by atoms with Crippen molar-refractivity contribution in [3.8, 4) is 0 Å². The maximum absolute atomic E-state index is 10.5. The molecule has 0 saturated carbocycles. The van der Waals surface area contributed by atoms with Gasteiger partial charge >= 0.3 is 5.97 Å². The van der Waals surface area contributed by atoms with E-state index in [2.05, 4.69) is 0 Å². The minimum absolute atomic E-state index is 0.0111. The number of ether oxygens (including phenoxy) is 2. The van der Waals surface area contributed by atoms with Crippen molar-refractivity contribution in [3.05, 3.63) is 0 Å². The maximum Gasteiger partial charge on any atom is 0.335 e. The first-order valence-electron chi connectivity index (χ1n) is 3.90. The summed E-state index contributed by atoms with van der Waals surface area (Å²) in [4.78, 5) is 10.5. The van der Waals surface area contributed by atoms with Crippen LogP contribution in [0.2, 0.25) is 0 Å². The van der Waals surface area contributed by atoms with Crippen LogP contribution in [-0.4, -0.2) is 36.5 Å². The van der Waals surface area contributed by atoms with E-state index in [0.717, 1.165) is 0 Å². The normalized spacial score (nSPS) is 16.1. The summed E-state index contributed by atoms with van der Waals surface area (Å²) in [6.45, 7) is 5.39. The van der Waals surface area contributed by atoms with E-state index < -0.39 is 18.2 Å². The van der Waals surface area contributed by atoms with Crippen LogP contribution in [0.25, 0.3) is 0 Å². The van der Waals surface area contributed by atoms with Crippen molar-refractivity contribution >= 4 is 5.97 Å². The molecule has 0 fully saturated rings. The molecule has 12 heavy (non-hydrogen) atoms. The van der Waals surface area contributed by atoms with Crippen LogP contribution in [-0.2, 0) is 14.3 Å². The number of rotatable bonds is 5. The van der Waals surface area contributed by atoms with E-state index in [1.165, 1.54) is 7.11 Å². The molecule has 0 aromatic rings. The largest absolute Gasteiger partial charge is 0.479 e. The zero-order valence-electron chi connectivity index (χ0n) is 7.90. The molecule has 2 unspecified atom stereocenters. The van der Waals surface area contributed by atoms with Gasteiger partial charge < -0.3 is 14.6 Å². The standard InChI is InChI=1S/C8H16O4/c1-5(2)12-6(3)7(11-4)8(9)10/h5-7H,1-4H3,(H,9,10). The number of carbonyl (C=O) groups is 1. The molecule has 0 rings (SSSR count). The molecule has 0 saturated heterocycles. The number of hydrogen-bond donors (Lipinski definition) is 1. The Morgan fingerprint density at radius 3 is 2.08 bits per heavy atom. The Kier molecular flexibility index (Phi) is 4.85. The molecule has 1 N–H and O–H groups in total. The first-order chi connectivity index (χ1) is 5.49. The highest BCUT2D eigenvalue weighted by Gasteiger charge is 2.25. The van der Waals surface area contributed by atoms with E-state index in [0.29, 0.717) is 0 Å². The van der Waals surface area contributed by atoms with Crippen LogP contribution in [0, 0.1) is 0 Å². The monoisotopic (exact) mass is 176 g/mol. The summed E-state index contributed by atoms with van der Waals surface area (Å²) < 4.78 is 10.0. The molecule has 0 amide bonds. The van der Waals surface area contributed by atoms with Gasteiger partial charge in [0, 0.05) is 7.11 Å². The summed E-state index contributed by atoms with van der Waals surface area (Å²) in [6, 6.07) is 0. The average Bonchev–Trinajstić information content (AvgIpc) is 1.85. The summed E-state index contributed by atoms with van der Waals surface area (Å²) in [7, 11) is 1.36. The quantitative estimate of drug-likeness (QED) is 0.676. The molecule has 72 valence electrons. The van der Waals surface area contributed by atoms with Crippen LogP contribution in [0.4, 0.5) is 0 Å². The average molecular weight is 176 g/mol. The Morgan fingerprint density at radius 1 is 1.33 bits per heavy atom. The third-order valence-corrected chi connectivity index (χ3v) is 1.41. The lowest BCUT2D eigenvalue weighted by Crippen LogP contribution is -2.36. The topological polar surface area (TPSA) is 55.8 Å². The number of aliphatic carboxylic acids is 1. The predicted molar refractivity (Wildman–Crippen MR) is 44.1 cm³/mol. The van der Waals surface area contributed by atoms with Gasteiger partial charge in [0.05, 0.1) is 12.2 Å². The van der Waals surface area contributed by atoms with Crippen LogP contribution < -0.4 is 0 Å². The Labute approximate surface area is 72.5 Å². The van der Waals surface area contributed by atoms with Crippen molar-refractivity contribution in [2.75, 3.05) is 7.11 Å². The van der Waals surface area contributed by atoms with E-state index in [-0.39, 0.29) is 6.10 Å². The van der Waals surface area contributed by atoms with Crippen molar-refractivity contribution in [2.45, 2.75) is 39.1 Å². The van der Waals surface area contributed by atoms with E-state index in [1.807, 2.05) is 13.8 Å². The zero-order chi connectivity index (χ0) is 9.72. The van der Waals surface area contributed by atoms with Crippen LogP contribution in [0.3, 0.4) is 0 Å². The summed E-state index contributed by atoms with van der Waals surface area (Å²) in [5.41, 5.74) is 0. The third-order valence-electron chi connectivity index (χ3n) is 1.41. The van der Waals surface area contributed by atoms with Crippen LogP contribution >= 0.6 is 0 Å². The molecule has 0 aliphatic rings. The minimum atomic E-state index is -0.995. The van der Waals surface area contributed by atoms with Gasteiger partial charge in [0.2, 0.25) is 0 Å². The molecule has 0 aliphatic heterocycles. The lowest BCUT2D eigenvalue weighted by atomic mass is 10.2. The highest BCUT2D eigenvalue weighted by molar-refractivity contribution is 5.73. The van der Waals surface area contributed by atoms with Gasteiger partial charge in [0.15, 0.2) is 6.10 Å². The minimum Gasteiger partial charge on any atom is -0.479 e. The van der Waals surface area contributed by atoms with Crippen molar-refractivity contribution in [1.82, 2.24) is 0 Å². The van der Waals surface area contributed by atoms with Gasteiger partial charge in [-0.3, -0.25) is 0 Å². The van der Waals surface area contributed by atoms with Crippen molar-refractivity contribution < 1.29 is 19.4 Å². The van der Waals surface area contributed by atoms with E-state index in [1.54, 1.807) is 6.92 Å². The second kappa shape index (κ2) is 5.11. The fourth-order valence-electron chi connectivity index (χ4n) is 0.994. The van der Waals surface area contributed by atoms with Crippen LogP contribution in [0.1, 0.15) is 20.8 Å². The lowest BCUT2D eigenvalue weighted by Gasteiger charge is -2.21. The van der Waals surface area contributed by atoms with Gasteiger partial charge in [-0.05, 0) is 20.8 Å². The lowest BCUT2D eigenvalue weighted by molar-refractivity contribution is -0.159. The molecule has 0 heterocycles. The zero-order valence-corrected chi connectivity index (χ0v) is 7.90. The fourth-order valence-corrected chi connectivity index (χ4v) is 0.994. The summed E-state index contributed by atoms with van der Waals surface area (Å²) >= 11 is 0. The second-order valence-corrected chi connectivity index (χ2v) is 2.88. The van der Waals surface area contributed by atoms with Gasteiger partial charge in [-0.2, -0.15) is 0 Å². The number of methoxy groups -OCH3 is 1. The Morgan fingerprint density at radius 2 is 1.83 bits per heavy atom. The van der Waals surface area contributed by atoms with Gasteiger partial charge in [0.25, 0.3) is 0 Å². The highest BCUT2D eigenvalue weighted by Crippen LogP contribution is 2.05. The summed E-state index contributed by atoms with van der Waals surface area (Å²) in [6.07, 6.45) is -1.29. The fraction of sp³-hybridized carbons (Fsp3) is 0.875. The number of hydrogen-bond acceptors (Lipinski definition) is 3. The summed E-state index contributed by atoms with van der Waals surface area (Å²) in [5, 5.41) is 8.65. The molecule has 4 nitrogen and oxygen atoms in total. The molecule has 0 bridgehead atoms. The van der Waals surface area contributed by atoms with E-state index >= 15 is 0 Å². The molecular formula is C8H16O4. The van der Waals surface area contributed by atoms with E-state index in [4.69, 9.17) is 14.6 Å². The smallest absolute Gasteiger partial charge is 0.335 e. The number of carboxylic acid groups (broad SMARTS) is 1. The van der Waals surface area contributed by atoms with Gasteiger partial charge in [-0.15, -0.1) is 0 Å². The molecule has 0 spiro atoms. The molecular weight excluding hydrogens is 160 g/mol. The molecule has 0 aromatic heterocycles. The van der Waals surface area contributed by atoms with Crippen LogP contribution in [0.5, 0.6) is 0 Å². The third kappa shape index (κ3) is 3.69. The van der Waals surface area contributed by atoms with Gasteiger partial charge in [0.1, 0.15) is 0 Å². The first kappa shape index (κ1) is 11.4. The summed E-state index contributed by atoms with van der Waals surface area (Å²) in [5.74, 6) is -0.995. The van der Waals surface area contributed by atoms with Crippen LogP contribution in [0.15, 0.2) is 0 Å². The Balaban J connectivity index is 4.02. The van der Waals surface area contributed by atoms with Gasteiger partial charge in [-0.25, -0.2) is 4.79 Å². The predicted octanol–water partition coefficient (Wildman–Crippen LogP) is 0.899. The SMILES string of the molecule is COC(C(=O)O)C(C)OC(C)C. The number of carboxylic acids is 1. The van der Waals surface area contributed by atoms with Crippen molar-refractivity contribution in [3.63, 3.8) is 0 Å². The Hall–Kier alpha value is -0.610. The second-order valence-electron chi connectivity index (χ2n) is 2.88. The van der Waals surface area contributed by atoms with Gasteiger partial charge in [-0.1, -0.05) is 0 Å². The van der Waals surface area contributed by atoms with E-state index in [9.17, 15) is 4.79 Å². The molecule has 2 atom stereocenters. The molecule has 0 aliphatic carbocycles. The van der Waals surface area contributed by atoms with Crippen molar-refractivity contribution in [2.24, 2.45) is 0 Å². The highest BCUT2D eigenvalue weighted by atomic mass is 16.6. The van der Waals surface area contributed by atoms with Crippen molar-refractivity contribution in [1.29, 1.82) is 0 Å². The first-order valence-corrected chi connectivity index (χ1v) is 3.90. The maximum atomic E-state index is 10.5. The molecule has 4 heteroatoms. The molecule has 0 radical (unpaired) electrons. The molecule has 0 aromatic carbocycles. The Bertz CT molecular complexity index is 144.